The maximum atomic E-state index is 12.8. The number of carbonyl (C=O) groups excluding carboxylic acids is 1. The van der Waals surface area contributed by atoms with Crippen LogP contribution in [0.3, 0.4) is 0 Å². The van der Waals surface area contributed by atoms with E-state index in [1.165, 1.54) is 0 Å². The second-order valence-corrected chi connectivity index (χ2v) is 5.68. The van der Waals surface area contributed by atoms with Crippen molar-refractivity contribution in [2.24, 2.45) is 0 Å². The summed E-state index contributed by atoms with van der Waals surface area (Å²) in [6.45, 7) is 2.57. The maximum Gasteiger partial charge on any atom is 0.254 e. The van der Waals surface area contributed by atoms with E-state index in [1.807, 2.05) is 60.4 Å². The summed E-state index contributed by atoms with van der Waals surface area (Å²) >= 11 is 0. The lowest BCUT2D eigenvalue weighted by molar-refractivity contribution is 0.0729. The van der Waals surface area contributed by atoms with Gasteiger partial charge in [-0.05, 0) is 43.0 Å². The normalized spacial score (nSPS) is 14.0. The number of nitrogens with zero attached hydrogens (tertiary/aromatic N) is 1. The highest BCUT2D eigenvalue weighted by Gasteiger charge is 2.33. The molecule has 2 N–H and O–H groups in total. The van der Waals surface area contributed by atoms with Crippen LogP contribution in [0.5, 0.6) is 0 Å². The highest BCUT2D eigenvalue weighted by atomic mass is 16.2. The molecule has 3 nitrogen and oxygen atoms in total. The van der Waals surface area contributed by atoms with Crippen LogP contribution in [-0.2, 0) is 6.54 Å². The van der Waals surface area contributed by atoms with Crippen LogP contribution in [-0.4, -0.2) is 16.8 Å². The van der Waals surface area contributed by atoms with Crippen molar-refractivity contribution in [3.63, 3.8) is 0 Å². The van der Waals surface area contributed by atoms with Gasteiger partial charge in [-0.2, -0.15) is 0 Å². The molecule has 1 aliphatic rings. The Hall–Kier alpha value is -2.29. The molecule has 21 heavy (non-hydrogen) atoms. The number of rotatable bonds is 4. The summed E-state index contributed by atoms with van der Waals surface area (Å²) in [7, 11) is 0. The standard InChI is InChI=1S/C18H20N2O/c1-13-6-2-4-8-16(13)18(21)20(15-10-11-15)12-14-7-3-5-9-17(14)19/h2-9,15H,10-12,19H2,1H3. The lowest BCUT2D eigenvalue weighted by Gasteiger charge is -2.24. The van der Waals surface area contributed by atoms with Gasteiger partial charge in [-0.3, -0.25) is 4.79 Å². The number of carbonyl (C=O) groups is 1. The van der Waals surface area contributed by atoms with Gasteiger partial charge < -0.3 is 10.6 Å². The molecule has 3 rings (SSSR count). The maximum absolute atomic E-state index is 12.8. The number of para-hydroxylation sites is 1. The van der Waals surface area contributed by atoms with E-state index >= 15 is 0 Å². The van der Waals surface area contributed by atoms with Crippen LogP contribution in [0.4, 0.5) is 5.69 Å². The van der Waals surface area contributed by atoms with E-state index in [2.05, 4.69) is 0 Å². The van der Waals surface area contributed by atoms with Gasteiger partial charge in [-0.25, -0.2) is 0 Å². The molecule has 0 radical (unpaired) electrons. The topological polar surface area (TPSA) is 46.3 Å². The van der Waals surface area contributed by atoms with Gasteiger partial charge in [0.1, 0.15) is 0 Å². The number of aryl methyl sites for hydroxylation is 1. The van der Waals surface area contributed by atoms with Gasteiger partial charge in [-0.1, -0.05) is 36.4 Å². The van der Waals surface area contributed by atoms with Crippen LogP contribution in [0.15, 0.2) is 48.5 Å². The molecule has 1 fully saturated rings. The number of nitrogen functional groups attached to an aromatic ring is 1. The quantitative estimate of drug-likeness (QED) is 0.873. The Bertz CT molecular complexity index is 662. The Balaban J connectivity index is 1.87. The Kier molecular flexibility index (Phi) is 3.65. The highest BCUT2D eigenvalue weighted by Crippen LogP contribution is 2.31. The molecular weight excluding hydrogens is 260 g/mol. The Labute approximate surface area is 125 Å². The van der Waals surface area contributed by atoms with E-state index in [-0.39, 0.29) is 5.91 Å². The average Bonchev–Trinajstić information content (AvgIpc) is 3.31. The molecule has 0 saturated heterocycles. The molecule has 2 aromatic rings. The number of hydrogen-bond acceptors (Lipinski definition) is 2. The molecule has 0 aliphatic heterocycles. The van der Waals surface area contributed by atoms with Gasteiger partial charge in [0.2, 0.25) is 0 Å². The molecule has 0 aromatic heterocycles. The first-order chi connectivity index (χ1) is 10.2. The summed E-state index contributed by atoms with van der Waals surface area (Å²) < 4.78 is 0. The summed E-state index contributed by atoms with van der Waals surface area (Å²) in [6.07, 6.45) is 2.18. The first kappa shape index (κ1) is 13.7. The largest absolute Gasteiger partial charge is 0.398 e. The number of amides is 1. The summed E-state index contributed by atoms with van der Waals surface area (Å²) in [5, 5.41) is 0. The molecule has 0 bridgehead atoms. The smallest absolute Gasteiger partial charge is 0.254 e. The monoisotopic (exact) mass is 280 g/mol. The van der Waals surface area contributed by atoms with Crippen LogP contribution in [0, 0.1) is 6.92 Å². The van der Waals surface area contributed by atoms with Gasteiger partial charge in [0, 0.05) is 23.8 Å². The van der Waals surface area contributed by atoms with Crippen molar-refractivity contribution in [2.45, 2.75) is 32.4 Å². The second kappa shape index (κ2) is 5.60. The lowest BCUT2D eigenvalue weighted by atomic mass is 10.1. The van der Waals surface area contributed by atoms with Crippen molar-refractivity contribution in [3.8, 4) is 0 Å². The third kappa shape index (κ3) is 2.92. The third-order valence-corrected chi connectivity index (χ3v) is 4.02. The Morgan fingerprint density at radius 2 is 1.81 bits per heavy atom. The first-order valence-electron chi connectivity index (χ1n) is 7.37. The van der Waals surface area contributed by atoms with Gasteiger partial charge in [-0.15, -0.1) is 0 Å². The van der Waals surface area contributed by atoms with Crippen LogP contribution in [0.2, 0.25) is 0 Å². The third-order valence-electron chi connectivity index (χ3n) is 4.02. The zero-order chi connectivity index (χ0) is 14.8. The van der Waals surface area contributed by atoms with Gasteiger partial charge >= 0.3 is 0 Å². The van der Waals surface area contributed by atoms with Crippen LogP contribution in [0.25, 0.3) is 0 Å². The van der Waals surface area contributed by atoms with Gasteiger partial charge in [0.25, 0.3) is 5.91 Å². The fourth-order valence-electron chi connectivity index (χ4n) is 2.58. The van der Waals surface area contributed by atoms with E-state index in [1.54, 1.807) is 0 Å². The number of anilines is 1. The van der Waals surface area contributed by atoms with Crippen LogP contribution < -0.4 is 5.73 Å². The molecule has 1 amide bonds. The summed E-state index contributed by atoms with van der Waals surface area (Å²) in [6, 6.07) is 15.9. The minimum absolute atomic E-state index is 0.110. The molecule has 2 aromatic carbocycles. The molecular formula is C18H20N2O. The van der Waals surface area contributed by atoms with Crippen molar-refractivity contribution < 1.29 is 4.79 Å². The molecule has 0 heterocycles. The molecule has 0 atom stereocenters. The minimum Gasteiger partial charge on any atom is -0.398 e. The summed E-state index contributed by atoms with van der Waals surface area (Å²) in [4.78, 5) is 14.8. The molecule has 0 unspecified atom stereocenters. The van der Waals surface area contributed by atoms with Crippen molar-refractivity contribution in [2.75, 3.05) is 5.73 Å². The first-order valence-corrected chi connectivity index (χ1v) is 7.37. The van der Waals surface area contributed by atoms with Crippen molar-refractivity contribution in [3.05, 3.63) is 65.2 Å². The molecule has 0 spiro atoms. The fourth-order valence-corrected chi connectivity index (χ4v) is 2.58. The summed E-state index contributed by atoms with van der Waals surface area (Å²) in [5.41, 5.74) is 9.60. The van der Waals surface area contributed by atoms with E-state index < -0.39 is 0 Å². The molecule has 3 heteroatoms. The molecule has 108 valence electrons. The second-order valence-electron chi connectivity index (χ2n) is 5.68. The summed E-state index contributed by atoms with van der Waals surface area (Å²) in [5.74, 6) is 0.110. The van der Waals surface area contributed by atoms with Crippen molar-refractivity contribution in [1.82, 2.24) is 4.90 Å². The zero-order valence-electron chi connectivity index (χ0n) is 12.3. The van der Waals surface area contributed by atoms with Crippen LogP contribution in [0.1, 0.15) is 34.3 Å². The Morgan fingerprint density at radius 3 is 2.48 bits per heavy atom. The van der Waals surface area contributed by atoms with Crippen molar-refractivity contribution in [1.29, 1.82) is 0 Å². The number of hydrogen-bond donors (Lipinski definition) is 1. The van der Waals surface area contributed by atoms with E-state index in [9.17, 15) is 4.79 Å². The fraction of sp³-hybridized carbons (Fsp3) is 0.278. The molecule has 1 aliphatic carbocycles. The van der Waals surface area contributed by atoms with Gasteiger partial charge in [0.15, 0.2) is 0 Å². The number of nitrogens with two attached hydrogens (primary N) is 1. The van der Waals surface area contributed by atoms with E-state index in [4.69, 9.17) is 5.73 Å². The predicted octanol–water partition coefficient (Wildman–Crippen LogP) is 3.38. The lowest BCUT2D eigenvalue weighted by Crippen LogP contribution is -2.33. The highest BCUT2D eigenvalue weighted by molar-refractivity contribution is 5.96. The van der Waals surface area contributed by atoms with E-state index in [0.717, 1.165) is 35.2 Å². The Morgan fingerprint density at radius 1 is 1.14 bits per heavy atom. The van der Waals surface area contributed by atoms with Crippen LogP contribution >= 0.6 is 0 Å². The predicted molar refractivity (Wildman–Crippen MR) is 84.9 cm³/mol. The van der Waals surface area contributed by atoms with E-state index in [0.29, 0.717) is 12.6 Å². The van der Waals surface area contributed by atoms with Gasteiger partial charge in [0.05, 0.1) is 0 Å². The minimum atomic E-state index is 0.110. The zero-order valence-corrected chi connectivity index (χ0v) is 12.3. The average molecular weight is 280 g/mol. The van der Waals surface area contributed by atoms with Crippen molar-refractivity contribution >= 4 is 11.6 Å². The SMILES string of the molecule is Cc1ccccc1C(=O)N(Cc1ccccc1N)C1CC1. The molecule has 1 saturated carbocycles. The number of benzene rings is 2.